The van der Waals surface area contributed by atoms with Crippen molar-refractivity contribution in [3.63, 3.8) is 0 Å². The molecule has 0 spiro atoms. The third-order valence-corrected chi connectivity index (χ3v) is 4.79. The molecule has 0 aliphatic carbocycles. The number of nitrogens with one attached hydrogen (secondary N) is 1. The lowest BCUT2D eigenvalue weighted by Crippen LogP contribution is -2.26. The molecule has 2 N–H and O–H groups in total. The van der Waals surface area contributed by atoms with E-state index in [0.717, 1.165) is 6.07 Å². The molecule has 0 atom stereocenters. The number of sulfonamides is 1. The zero-order valence-corrected chi connectivity index (χ0v) is 13.8. The lowest BCUT2D eigenvalue weighted by Gasteiger charge is -2.07. The maximum Gasteiger partial charge on any atom is 0.354 e. The Bertz CT molecular complexity index is 898. The van der Waals surface area contributed by atoms with Crippen molar-refractivity contribution in [1.29, 1.82) is 0 Å². The van der Waals surface area contributed by atoms with E-state index in [4.69, 9.17) is 5.11 Å². The van der Waals surface area contributed by atoms with Gasteiger partial charge in [-0.1, -0.05) is 18.2 Å². The molecule has 10 heteroatoms. The van der Waals surface area contributed by atoms with Crippen LogP contribution < -0.4 is 4.72 Å². The topological polar surface area (TPSA) is 140 Å². The molecule has 1 aromatic heterocycles. The highest BCUT2D eigenvalue weighted by Gasteiger charge is 2.24. The molecule has 0 aliphatic rings. The smallest absolute Gasteiger partial charge is 0.354 e. The summed E-state index contributed by atoms with van der Waals surface area (Å²) in [5.41, 5.74) is -0.0615. The van der Waals surface area contributed by atoms with E-state index in [9.17, 15) is 23.3 Å². The minimum Gasteiger partial charge on any atom is -0.477 e. The molecule has 2 rings (SSSR count). The minimum atomic E-state index is -4.02. The number of benzene rings is 1. The Morgan fingerprint density at radius 2 is 1.92 bits per heavy atom. The summed E-state index contributed by atoms with van der Waals surface area (Å²) >= 11 is 0. The molecular weight excluding hydrogens is 350 g/mol. The Morgan fingerprint density at radius 3 is 2.60 bits per heavy atom. The summed E-state index contributed by atoms with van der Waals surface area (Å²) in [5, 5.41) is 19.8. The van der Waals surface area contributed by atoms with Crippen LogP contribution in [-0.2, 0) is 16.4 Å². The Hall–Kier alpha value is -2.85. The van der Waals surface area contributed by atoms with Crippen molar-refractivity contribution in [3.8, 4) is 0 Å². The fraction of sp³-hybridized carbons (Fsp3) is 0.200. The van der Waals surface area contributed by atoms with Crippen molar-refractivity contribution >= 4 is 21.7 Å². The molecule has 0 unspecified atom stereocenters. The first-order valence-electron chi connectivity index (χ1n) is 7.23. The van der Waals surface area contributed by atoms with Crippen molar-refractivity contribution < 1.29 is 23.2 Å². The fourth-order valence-corrected chi connectivity index (χ4v) is 3.37. The molecule has 0 bridgehead atoms. The number of carboxylic acid groups (broad SMARTS) is 1. The highest BCUT2D eigenvalue weighted by Crippen LogP contribution is 2.22. The van der Waals surface area contributed by atoms with Crippen LogP contribution in [0.5, 0.6) is 0 Å². The second kappa shape index (κ2) is 7.81. The van der Waals surface area contributed by atoms with Crippen LogP contribution in [0.3, 0.4) is 0 Å². The molecule has 0 saturated carbocycles. The first-order valence-corrected chi connectivity index (χ1v) is 8.72. The standard InChI is InChI=1S/C15H15N3O6S/c19-15(20)12-7-3-5-11(17-12)6-4-10-16-25(23,24)14-9-2-1-8-13(14)18(21)22/h1-3,5,7-9,16H,4,6,10H2,(H,19,20). The van der Waals surface area contributed by atoms with Crippen LogP contribution in [0, 0.1) is 10.1 Å². The van der Waals surface area contributed by atoms with Crippen molar-refractivity contribution in [3.05, 3.63) is 64.0 Å². The number of nitrogens with zero attached hydrogens (tertiary/aromatic N) is 2. The summed E-state index contributed by atoms with van der Waals surface area (Å²) in [7, 11) is -4.02. The van der Waals surface area contributed by atoms with Crippen molar-refractivity contribution in [1.82, 2.24) is 9.71 Å². The number of aryl methyl sites for hydroxylation is 1. The van der Waals surface area contributed by atoms with Gasteiger partial charge in [-0.25, -0.2) is 22.9 Å². The van der Waals surface area contributed by atoms with E-state index in [1.165, 1.54) is 24.3 Å². The van der Waals surface area contributed by atoms with E-state index < -0.39 is 31.5 Å². The lowest BCUT2D eigenvalue weighted by atomic mass is 10.2. The summed E-state index contributed by atoms with van der Waals surface area (Å²) in [6, 6.07) is 9.64. The van der Waals surface area contributed by atoms with E-state index in [-0.39, 0.29) is 12.2 Å². The Kier molecular flexibility index (Phi) is 5.78. The minimum absolute atomic E-state index is 0.0351. The van der Waals surface area contributed by atoms with Crippen LogP contribution >= 0.6 is 0 Å². The predicted octanol–water partition coefficient (Wildman–Crippen LogP) is 1.60. The maximum atomic E-state index is 12.2. The third-order valence-electron chi connectivity index (χ3n) is 3.28. The number of aromatic nitrogens is 1. The molecule has 0 radical (unpaired) electrons. The Morgan fingerprint density at radius 1 is 1.20 bits per heavy atom. The molecule has 1 aromatic carbocycles. The van der Waals surface area contributed by atoms with Gasteiger partial charge in [0.2, 0.25) is 10.0 Å². The summed E-state index contributed by atoms with van der Waals surface area (Å²) in [6.07, 6.45) is 0.719. The van der Waals surface area contributed by atoms with E-state index in [2.05, 4.69) is 9.71 Å². The maximum absolute atomic E-state index is 12.2. The van der Waals surface area contributed by atoms with Crippen molar-refractivity contribution in [2.45, 2.75) is 17.7 Å². The van der Waals surface area contributed by atoms with Gasteiger partial charge in [-0.05, 0) is 31.0 Å². The van der Waals surface area contributed by atoms with Gasteiger partial charge < -0.3 is 5.11 Å². The van der Waals surface area contributed by atoms with Crippen LogP contribution in [0.1, 0.15) is 22.6 Å². The van der Waals surface area contributed by atoms with E-state index in [1.54, 1.807) is 12.1 Å². The number of pyridine rings is 1. The molecule has 2 aromatic rings. The molecule has 0 aliphatic heterocycles. The predicted molar refractivity (Wildman–Crippen MR) is 87.8 cm³/mol. The van der Waals surface area contributed by atoms with E-state index in [1.807, 2.05) is 0 Å². The second-order valence-electron chi connectivity index (χ2n) is 5.05. The Labute approximate surface area is 143 Å². The summed E-state index contributed by atoms with van der Waals surface area (Å²) < 4.78 is 26.7. The molecular formula is C15H15N3O6S. The highest BCUT2D eigenvalue weighted by molar-refractivity contribution is 7.89. The monoisotopic (exact) mass is 365 g/mol. The molecule has 0 fully saturated rings. The number of carboxylic acids is 1. The largest absolute Gasteiger partial charge is 0.477 e. The fourth-order valence-electron chi connectivity index (χ4n) is 2.13. The van der Waals surface area contributed by atoms with Crippen molar-refractivity contribution in [2.24, 2.45) is 0 Å². The number of carbonyl (C=O) groups is 1. The zero-order chi connectivity index (χ0) is 18.4. The number of nitro groups is 1. The van der Waals surface area contributed by atoms with Crippen LogP contribution in [0.25, 0.3) is 0 Å². The second-order valence-corrected chi connectivity index (χ2v) is 6.78. The van der Waals surface area contributed by atoms with E-state index in [0.29, 0.717) is 18.5 Å². The van der Waals surface area contributed by atoms with Gasteiger partial charge in [-0.3, -0.25) is 10.1 Å². The highest BCUT2D eigenvalue weighted by atomic mass is 32.2. The zero-order valence-electron chi connectivity index (χ0n) is 13.0. The number of nitro benzene ring substituents is 1. The molecule has 1 heterocycles. The number of hydrogen-bond donors (Lipinski definition) is 2. The number of para-hydroxylation sites is 1. The van der Waals surface area contributed by atoms with Gasteiger partial charge in [0.1, 0.15) is 5.69 Å². The average molecular weight is 365 g/mol. The van der Waals surface area contributed by atoms with Gasteiger partial charge in [0.25, 0.3) is 5.69 Å². The van der Waals surface area contributed by atoms with Crippen LogP contribution in [0.15, 0.2) is 47.4 Å². The first-order chi connectivity index (χ1) is 11.8. The van der Waals surface area contributed by atoms with Gasteiger partial charge in [0.15, 0.2) is 4.90 Å². The number of aromatic carboxylic acids is 1. The summed E-state index contributed by atoms with van der Waals surface area (Å²) in [6.45, 7) is 0.0351. The molecule has 0 saturated heterocycles. The van der Waals surface area contributed by atoms with E-state index >= 15 is 0 Å². The van der Waals surface area contributed by atoms with Crippen LogP contribution in [0.4, 0.5) is 5.69 Å². The quantitative estimate of drug-likeness (QED) is 0.411. The molecule has 9 nitrogen and oxygen atoms in total. The summed E-state index contributed by atoms with van der Waals surface area (Å²) in [5.74, 6) is -1.14. The normalized spacial score (nSPS) is 11.2. The lowest BCUT2D eigenvalue weighted by molar-refractivity contribution is -0.387. The van der Waals surface area contributed by atoms with Crippen molar-refractivity contribution in [2.75, 3.05) is 6.54 Å². The molecule has 0 amide bonds. The van der Waals surface area contributed by atoms with Gasteiger partial charge in [0, 0.05) is 18.3 Å². The molecule has 132 valence electrons. The first kappa shape index (κ1) is 18.5. The average Bonchev–Trinajstić information content (AvgIpc) is 2.59. The van der Waals surface area contributed by atoms with Gasteiger partial charge in [-0.15, -0.1) is 0 Å². The molecule has 25 heavy (non-hydrogen) atoms. The Balaban J connectivity index is 1.99. The third kappa shape index (κ3) is 4.81. The van der Waals surface area contributed by atoms with Crippen LogP contribution in [-0.4, -0.2) is 35.9 Å². The number of rotatable bonds is 8. The van der Waals surface area contributed by atoms with Crippen LogP contribution in [0.2, 0.25) is 0 Å². The summed E-state index contributed by atoms with van der Waals surface area (Å²) in [4.78, 5) is 24.6. The number of hydrogen-bond acceptors (Lipinski definition) is 6. The van der Waals surface area contributed by atoms with Gasteiger partial charge in [0.05, 0.1) is 4.92 Å². The van der Waals surface area contributed by atoms with Gasteiger partial charge >= 0.3 is 5.97 Å². The SMILES string of the molecule is O=C(O)c1cccc(CCCNS(=O)(=O)c2ccccc2[N+](=O)[O-])n1. The van der Waals surface area contributed by atoms with Gasteiger partial charge in [-0.2, -0.15) is 0 Å².